The fraction of sp³-hybridized carbons (Fsp3) is 0.294. The summed E-state index contributed by atoms with van der Waals surface area (Å²) >= 11 is 0. The number of amides is 2. The smallest absolute Gasteiger partial charge is 0.291 e. The topological polar surface area (TPSA) is 97.4 Å². The second-order valence-corrected chi connectivity index (χ2v) is 5.42. The molecule has 0 bridgehead atoms. The summed E-state index contributed by atoms with van der Waals surface area (Å²) in [6.07, 6.45) is 2.55. The molecule has 2 rings (SSSR count). The zero-order valence-electron chi connectivity index (χ0n) is 13.0. The van der Waals surface area contributed by atoms with E-state index in [1.807, 2.05) is 19.1 Å². The standard InChI is InChI=1S/C17H21N3O3/c1-12(18)4-9-16(21)19-11-13-5-7-14(8-6-13)20-17(22)15-3-2-10-23-15/h2-3,5-8,10,12H,4,9,11,18H2,1H3,(H,19,21)(H,20,22). The molecule has 1 aromatic heterocycles. The van der Waals surface area contributed by atoms with Crippen molar-refractivity contribution in [2.24, 2.45) is 5.73 Å². The first kappa shape index (κ1) is 16.8. The molecule has 1 aromatic carbocycles. The summed E-state index contributed by atoms with van der Waals surface area (Å²) in [4.78, 5) is 23.5. The highest BCUT2D eigenvalue weighted by atomic mass is 16.3. The normalized spacial score (nSPS) is 11.7. The molecule has 6 nitrogen and oxygen atoms in total. The third-order valence-electron chi connectivity index (χ3n) is 3.27. The van der Waals surface area contributed by atoms with Crippen LogP contribution in [-0.2, 0) is 11.3 Å². The molecule has 1 atom stereocenters. The Hall–Kier alpha value is -2.60. The van der Waals surface area contributed by atoms with E-state index in [0.717, 1.165) is 5.56 Å². The van der Waals surface area contributed by atoms with Gasteiger partial charge in [-0.3, -0.25) is 9.59 Å². The maximum atomic E-state index is 11.8. The second kappa shape index (κ2) is 8.14. The highest BCUT2D eigenvalue weighted by Crippen LogP contribution is 2.12. The lowest BCUT2D eigenvalue weighted by Crippen LogP contribution is -2.25. The van der Waals surface area contributed by atoms with Crippen molar-refractivity contribution >= 4 is 17.5 Å². The lowest BCUT2D eigenvalue weighted by Gasteiger charge is -2.08. The SMILES string of the molecule is CC(N)CCC(=O)NCc1ccc(NC(=O)c2ccco2)cc1. The molecule has 1 unspecified atom stereocenters. The van der Waals surface area contributed by atoms with Crippen molar-refractivity contribution in [2.75, 3.05) is 5.32 Å². The molecule has 0 saturated carbocycles. The summed E-state index contributed by atoms with van der Waals surface area (Å²) in [5.41, 5.74) is 7.24. The predicted octanol–water partition coefficient (Wildman–Crippen LogP) is 2.28. The van der Waals surface area contributed by atoms with Crippen LogP contribution in [0.5, 0.6) is 0 Å². The Morgan fingerprint density at radius 2 is 1.96 bits per heavy atom. The largest absolute Gasteiger partial charge is 0.459 e. The molecule has 2 aromatic rings. The fourth-order valence-corrected chi connectivity index (χ4v) is 1.95. The Kier molecular flexibility index (Phi) is 5.94. The van der Waals surface area contributed by atoms with Crippen molar-refractivity contribution in [1.82, 2.24) is 5.32 Å². The number of benzene rings is 1. The monoisotopic (exact) mass is 315 g/mol. The van der Waals surface area contributed by atoms with Gasteiger partial charge in [0.15, 0.2) is 5.76 Å². The summed E-state index contributed by atoms with van der Waals surface area (Å²) in [5.74, 6) is -0.0556. The van der Waals surface area contributed by atoms with Gasteiger partial charge in [-0.05, 0) is 43.2 Å². The van der Waals surface area contributed by atoms with Gasteiger partial charge in [-0.25, -0.2) is 0 Å². The molecule has 122 valence electrons. The number of carbonyl (C=O) groups is 2. The van der Waals surface area contributed by atoms with E-state index in [1.165, 1.54) is 6.26 Å². The van der Waals surface area contributed by atoms with Crippen LogP contribution in [0.4, 0.5) is 5.69 Å². The Labute approximate surface area is 135 Å². The third kappa shape index (κ3) is 5.60. The number of nitrogens with one attached hydrogen (secondary N) is 2. The highest BCUT2D eigenvalue weighted by Gasteiger charge is 2.08. The van der Waals surface area contributed by atoms with Crippen molar-refractivity contribution in [2.45, 2.75) is 32.4 Å². The molecule has 2 amide bonds. The third-order valence-corrected chi connectivity index (χ3v) is 3.27. The predicted molar refractivity (Wildman–Crippen MR) is 87.8 cm³/mol. The van der Waals surface area contributed by atoms with Crippen LogP contribution < -0.4 is 16.4 Å². The average molecular weight is 315 g/mol. The van der Waals surface area contributed by atoms with Crippen LogP contribution in [0, 0.1) is 0 Å². The van der Waals surface area contributed by atoms with Crippen molar-refractivity contribution in [3.05, 3.63) is 54.0 Å². The fourth-order valence-electron chi connectivity index (χ4n) is 1.95. The maximum Gasteiger partial charge on any atom is 0.291 e. The van der Waals surface area contributed by atoms with Crippen LogP contribution in [0.25, 0.3) is 0 Å². The van der Waals surface area contributed by atoms with E-state index in [2.05, 4.69) is 10.6 Å². The first-order valence-corrected chi connectivity index (χ1v) is 7.50. The van der Waals surface area contributed by atoms with Crippen LogP contribution in [0.15, 0.2) is 47.1 Å². The molecule has 6 heteroatoms. The minimum atomic E-state index is -0.299. The Balaban J connectivity index is 1.80. The van der Waals surface area contributed by atoms with Crippen molar-refractivity contribution in [3.8, 4) is 0 Å². The van der Waals surface area contributed by atoms with Crippen LogP contribution in [0.3, 0.4) is 0 Å². The molecule has 0 saturated heterocycles. The van der Waals surface area contributed by atoms with Crippen LogP contribution in [0.2, 0.25) is 0 Å². The summed E-state index contributed by atoms with van der Waals surface area (Å²) < 4.78 is 5.03. The van der Waals surface area contributed by atoms with Gasteiger partial charge in [0.25, 0.3) is 5.91 Å². The van der Waals surface area contributed by atoms with Gasteiger partial charge in [0.2, 0.25) is 5.91 Å². The van der Waals surface area contributed by atoms with Gasteiger partial charge in [-0.1, -0.05) is 12.1 Å². The maximum absolute atomic E-state index is 11.8. The molecule has 0 fully saturated rings. The lowest BCUT2D eigenvalue weighted by molar-refractivity contribution is -0.121. The summed E-state index contributed by atoms with van der Waals surface area (Å²) in [6, 6.07) is 10.5. The number of hydrogen-bond acceptors (Lipinski definition) is 4. The molecular weight excluding hydrogens is 294 g/mol. The molecule has 0 aliphatic rings. The summed E-state index contributed by atoms with van der Waals surface area (Å²) in [5, 5.41) is 5.58. The van der Waals surface area contributed by atoms with E-state index in [4.69, 9.17) is 10.2 Å². The molecule has 0 radical (unpaired) electrons. The van der Waals surface area contributed by atoms with Gasteiger partial charge in [-0.2, -0.15) is 0 Å². The van der Waals surface area contributed by atoms with Crippen LogP contribution in [-0.4, -0.2) is 17.9 Å². The van der Waals surface area contributed by atoms with Gasteiger partial charge in [0, 0.05) is 24.7 Å². The average Bonchev–Trinajstić information content (AvgIpc) is 3.07. The van der Waals surface area contributed by atoms with Gasteiger partial charge in [0.1, 0.15) is 0 Å². The number of carbonyl (C=O) groups excluding carboxylic acids is 2. The highest BCUT2D eigenvalue weighted by molar-refractivity contribution is 6.02. The van der Waals surface area contributed by atoms with Crippen molar-refractivity contribution in [3.63, 3.8) is 0 Å². The molecule has 23 heavy (non-hydrogen) atoms. The van der Waals surface area contributed by atoms with E-state index in [9.17, 15) is 9.59 Å². The Morgan fingerprint density at radius 1 is 1.22 bits per heavy atom. The first-order chi connectivity index (χ1) is 11.0. The number of furan rings is 1. The Bertz CT molecular complexity index is 634. The zero-order chi connectivity index (χ0) is 16.7. The second-order valence-electron chi connectivity index (χ2n) is 5.42. The van der Waals surface area contributed by atoms with Gasteiger partial charge in [0.05, 0.1) is 6.26 Å². The molecule has 0 aliphatic carbocycles. The number of rotatable bonds is 7. The van der Waals surface area contributed by atoms with E-state index in [1.54, 1.807) is 24.3 Å². The number of anilines is 1. The van der Waals surface area contributed by atoms with Gasteiger partial charge >= 0.3 is 0 Å². The van der Waals surface area contributed by atoms with Gasteiger partial charge < -0.3 is 20.8 Å². The molecular formula is C17H21N3O3. The summed E-state index contributed by atoms with van der Waals surface area (Å²) in [6.45, 7) is 2.33. The molecule has 1 heterocycles. The molecule has 4 N–H and O–H groups in total. The lowest BCUT2D eigenvalue weighted by atomic mass is 10.1. The number of nitrogens with two attached hydrogens (primary N) is 1. The minimum Gasteiger partial charge on any atom is -0.459 e. The van der Waals surface area contributed by atoms with Gasteiger partial charge in [-0.15, -0.1) is 0 Å². The molecule has 0 aliphatic heterocycles. The van der Waals surface area contributed by atoms with Crippen molar-refractivity contribution in [1.29, 1.82) is 0 Å². The van der Waals surface area contributed by atoms with Crippen LogP contribution in [0.1, 0.15) is 35.9 Å². The van der Waals surface area contributed by atoms with E-state index >= 15 is 0 Å². The quantitative estimate of drug-likeness (QED) is 0.730. The van der Waals surface area contributed by atoms with E-state index < -0.39 is 0 Å². The van der Waals surface area contributed by atoms with E-state index in [-0.39, 0.29) is 23.6 Å². The minimum absolute atomic E-state index is 0.0162. The van der Waals surface area contributed by atoms with E-state index in [0.29, 0.717) is 25.1 Å². The molecule has 0 spiro atoms. The Morgan fingerprint density at radius 3 is 2.57 bits per heavy atom. The summed E-state index contributed by atoms with van der Waals surface area (Å²) in [7, 11) is 0. The van der Waals surface area contributed by atoms with Crippen molar-refractivity contribution < 1.29 is 14.0 Å². The first-order valence-electron chi connectivity index (χ1n) is 7.50. The zero-order valence-corrected chi connectivity index (χ0v) is 13.0. The van der Waals surface area contributed by atoms with Crippen LogP contribution >= 0.6 is 0 Å². The number of hydrogen-bond donors (Lipinski definition) is 3.